The third kappa shape index (κ3) is 4.16. The predicted molar refractivity (Wildman–Crippen MR) is 88.0 cm³/mol. The first-order valence-electron chi connectivity index (χ1n) is 6.68. The molecule has 2 aromatic rings. The molecule has 2 rings (SSSR count). The van der Waals surface area contributed by atoms with Crippen molar-refractivity contribution >= 4 is 35.3 Å². The van der Waals surface area contributed by atoms with E-state index in [4.69, 9.17) is 11.6 Å². The molecule has 0 saturated carbocycles. The van der Waals surface area contributed by atoms with E-state index >= 15 is 0 Å². The van der Waals surface area contributed by atoms with Crippen molar-refractivity contribution in [3.8, 4) is 0 Å². The minimum atomic E-state index is 0.531. The molecule has 6 heteroatoms. The second kappa shape index (κ2) is 7.04. The number of aliphatic imine (C=N–C) groups is 1. The molecule has 110 valence electrons. The smallest absolute Gasteiger partial charge is 0.227 e. The summed E-state index contributed by atoms with van der Waals surface area (Å²) in [5.74, 6) is 0.531. The lowest BCUT2D eigenvalue weighted by atomic mass is 10.1. The van der Waals surface area contributed by atoms with Crippen molar-refractivity contribution in [1.29, 1.82) is 0 Å². The fourth-order valence-corrected chi connectivity index (χ4v) is 1.87. The lowest BCUT2D eigenvalue weighted by Crippen LogP contribution is -2.14. The number of anilines is 2. The van der Waals surface area contributed by atoms with E-state index in [0.29, 0.717) is 11.0 Å². The third-order valence-electron chi connectivity index (χ3n) is 3.05. The lowest BCUT2D eigenvalue weighted by Gasteiger charge is -2.12. The first-order valence-corrected chi connectivity index (χ1v) is 7.06. The number of aromatic nitrogens is 2. The molecule has 0 unspecified atom stereocenters. The van der Waals surface area contributed by atoms with Gasteiger partial charge in [0.15, 0.2) is 0 Å². The zero-order valence-electron chi connectivity index (χ0n) is 12.3. The van der Waals surface area contributed by atoms with Crippen LogP contribution in [-0.4, -0.2) is 34.8 Å². The van der Waals surface area contributed by atoms with Gasteiger partial charge in [0.05, 0.1) is 12.0 Å². The zero-order chi connectivity index (χ0) is 15.2. The molecule has 0 radical (unpaired) electrons. The van der Waals surface area contributed by atoms with Crippen LogP contribution in [0.3, 0.4) is 0 Å². The minimum absolute atomic E-state index is 0.531. The predicted octanol–water partition coefficient (Wildman–Crippen LogP) is 3.79. The van der Waals surface area contributed by atoms with Crippen molar-refractivity contribution in [2.75, 3.05) is 18.9 Å². The number of nitrogens with one attached hydrogen (secondary N) is 1. The maximum Gasteiger partial charge on any atom is 0.227 e. The van der Waals surface area contributed by atoms with Gasteiger partial charge in [0.2, 0.25) is 5.95 Å². The number of hydrogen-bond acceptors (Lipinski definition) is 4. The van der Waals surface area contributed by atoms with Crippen molar-refractivity contribution in [3.63, 3.8) is 0 Å². The molecular formula is C15H18ClN5. The monoisotopic (exact) mass is 303 g/mol. The highest BCUT2D eigenvalue weighted by Crippen LogP contribution is 2.31. The van der Waals surface area contributed by atoms with Crippen LogP contribution in [0.2, 0.25) is 5.02 Å². The Morgan fingerprint density at radius 1 is 1.33 bits per heavy atom. The van der Waals surface area contributed by atoms with Crippen LogP contribution in [0.4, 0.5) is 17.3 Å². The van der Waals surface area contributed by atoms with Crippen molar-refractivity contribution in [2.24, 2.45) is 4.99 Å². The Bertz CT molecular complexity index is 627. The lowest BCUT2D eigenvalue weighted by molar-refractivity contribution is 0.552. The van der Waals surface area contributed by atoms with Gasteiger partial charge in [-0.25, -0.2) is 15.0 Å². The summed E-state index contributed by atoms with van der Waals surface area (Å²) in [6.07, 6.45) is 5.16. The molecule has 5 nitrogen and oxygen atoms in total. The Morgan fingerprint density at radius 3 is 2.71 bits per heavy atom. The summed E-state index contributed by atoms with van der Waals surface area (Å²) >= 11 is 6.17. The van der Waals surface area contributed by atoms with Crippen LogP contribution < -0.4 is 5.32 Å². The van der Waals surface area contributed by atoms with Gasteiger partial charge >= 0.3 is 0 Å². The number of nitrogens with zero attached hydrogens (tertiary/aromatic N) is 4. The second-order valence-electron chi connectivity index (χ2n) is 4.61. The van der Waals surface area contributed by atoms with Crippen molar-refractivity contribution in [1.82, 2.24) is 14.9 Å². The molecule has 1 heterocycles. The Morgan fingerprint density at radius 2 is 2.05 bits per heavy atom. The minimum Gasteiger partial charge on any atom is -0.366 e. The van der Waals surface area contributed by atoms with Gasteiger partial charge in [0.25, 0.3) is 0 Å². The van der Waals surface area contributed by atoms with Gasteiger partial charge in [-0.3, -0.25) is 0 Å². The molecule has 0 fully saturated rings. The summed E-state index contributed by atoms with van der Waals surface area (Å²) < 4.78 is 0. The molecule has 0 saturated heterocycles. The SMILES string of the molecule is CCN(C)C=Nc1cc(Cl)cc(Nc2ncccn2)c1C. The van der Waals surface area contributed by atoms with Crippen molar-refractivity contribution < 1.29 is 0 Å². The summed E-state index contributed by atoms with van der Waals surface area (Å²) in [5.41, 5.74) is 2.66. The Kier molecular flexibility index (Phi) is 5.11. The summed E-state index contributed by atoms with van der Waals surface area (Å²) in [4.78, 5) is 14.8. The van der Waals surface area contributed by atoms with Gasteiger partial charge in [-0.05, 0) is 37.6 Å². The Balaban J connectivity index is 2.30. The van der Waals surface area contributed by atoms with Gasteiger partial charge in [-0.15, -0.1) is 0 Å². The fourth-order valence-electron chi connectivity index (χ4n) is 1.66. The average molecular weight is 304 g/mol. The van der Waals surface area contributed by atoms with Crippen LogP contribution in [0.1, 0.15) is 12.5 Å². The highest BCUT2D eigenvalue weighted by atomic mass is 35.5. The van der Waals surface area contributed by atoms with E-state index in [-0.39, 0.29) is 0 Å². The summed E-state index contributed by atoms with van der Waals surface area (Å²) in [7, 11) is 1.97. The largest absolute Gasteiger partial charge is 0.366 e. The van der Waals surface area contributed by atoms with E-state index in [0.717, 1.165) is 23.5 Å². The maximum atomic E-state index is 6.17. The molecule has 0 aliphatic rings. The van der Waals surface area contributed by atoms with Crippen LogP contribution in [0, 0.1) is 6.92 Å². The number of rotatable bonds is 5. The van der Waals surface area contributed by atoms with E-state index in [9.17, 15) is 0 Å². The van der Waals surface area contributed by atoms with Gasteiger partial charge < -0.3 is 10.2 Å². The Labute approximate surface area is 129 Å². The molecule has 1 aromatic carbocycles. The standard InChI is InChI=1S/C15H18ClN5/c1-4-21(3)10-19-13-8-12(16)9-14(11(13)2)20-15-17-6-5-7-18-15/h5-10H,4H2,1-3H3,(H,17,18,20). The molecule has 0 atom stereocenters. The quantitative estimate of drug-likeness (QED) is 0.674. The number of hydrogen-bond donors (Lipinski definition) is 1. The number of halogens is 1. The molecule has 0 aliphatic heterocycles. The van der Waals surface area contributed by atoms with Gasteiger partial charge in [0.1, 0.15) is 0 Å². The third-order valence-corrected chi connectivity index (χ3v) is 3.27. The molecule has 0 bridgehead atoms. The van der Waals surface area contributed by atoms with Crippen LogP contribution in [-0.2, 0) is 0 Å². The average Bonchev–Trinajstić information content (AvgIpc) is 2.49. The Hall–Kier alpha value is -2.14. The summed E-state index contributed by atoms with van der Waals surface area (Å²) in [6.45, 7) is 4.95. The van der Waals surface area contributed by atoms with Crippen molar-refractivity contribution in [3.05, 3.63) is 41.2 Å². The van der Waals surface area contributed by atoms with Gasteiger partial charge in [-0.2, -0.15) is 0 Å². The van der Waals surface area contributed by atoms with E-state index in [1.807, 2.05) is 31.0 Å². The first-order chi connectivity index (χ1) is 10.1. The van der Waals surface area contributed by atoms with Crippen molar-refractivity contribution in [2.45, 2.75) is 13.8 Å². The summed E-state index contributed by atoms with van der Waals surface area (Å²) in [6, 6.07) is 5.45. The van der Waals surface area contributed by atoms with E-state index < -0.39 is 0 Å². The van der Waals surface area contributed by atoms with Crippen LogP contribution in [0.5, 0.6) is 0 Å². The highest BCUT2D eigenvalue weighted by molar-refractivity contribution is 6.31. The molecular weight excluding hydrogens is 286 g/mol. The first kappa shape index (κ1) is 15.3. The molecule has 1 N–H and O–H groups in total. The summed E-state index contributed by atoms with van der Waals surface area (Å²) in [5, 5.41) is 3.78. The van der Waals surface area contributed by atoms with Crippen LogP contribution >= 0.6 is 11.6 Å². The number of benzene rings is 1. The molecule has 0 aliphatic carbocycles. The van der Waals surface area contributed by atoms with Gasteiger partial charge in [-0.1, -0.05) is 11.6 Å². The van der Waals surface area contributed by atoms with Crippen LogP contribution in [0.25, 0.3) is 0 Å². The topological polar surface area (TPSA) is 53.4 Å². The zero-order valence-corrected chi connectivity index (χ0v) is 13.1. The van der Waals surface area contributed by atoms with E-state index in [2.05, 4.69) is 27.2 Å². The molecule has 0 amide bonds. The van der Waals surface area contributed by atoms with E-state index in [1.165, 1.54) is 0 Å². The highest BCUT2D eigenvalue weighted by Gasteiger charge is 2.07. The maximum absolute atomic E-state index is 6.17. The van der Waals surface area contributed by atoms with Crippen LogP contribution in [0.15, 0.2) is 35.6 Å². The van der Waals surface area contributed by atoms with Gasteiger partial charge in [0, 0.05) is 36.7 Å². The molecule has 0 spiro atoms. The normalized spacial score (nSPS) is 10.9. The van der Waals surface area contributed by atoms with E-state index in [1.54, 1.807) is 24.8 Å². The fraction of sp³-hybridized carbons (Fsp3) is 0.267. The molecule has 1 aromatic heterocycles. The second-order valence-corrected chi connectivity index (χ2v) is 5.05. The molecule has 21 heavy (non-hydrogen) atoms.